The van der Waals surface area contributed by atoms with Gasteiger partial charge in [0.05, 0.1) is 19.0 Å². The van der Waals surface area contributed by atoms with Crippen LogP contribution in [0.25, 0.3) is 0 Å². The van der Waals surface area contributed by atoms with Gasteiger partial charge in [-0.2, -0.15) is 11.8 Å². The van der Waals surface area contributed by atoms with E-state index in [-0.39, 0.29) is 5.91 Å². The third-order valence-corrected chi connectivity index (χ3v) is 3.11. The Morgan fingerprint density at radius 2 is 2.14 bits per heavy atom. The van der Waals surface area contributed by atoms with Gasteiger partial charge in [0, 0.05) is 13.1 Å². The van der Waals surface area contributed by atoms with Crippen molar-refractivity contribution in [2.75, 3.05) is 44.4 Å². The maximum absolute atomic E-state index is 11.6. The third-order valence-electron chi connectivity index (χ3n) is 2.08. The molecule has 82 valence electrons. The molecule has 0 aromatic heterocycles. The first-order valence-electron chi connectivity index (χ1n) is 4.98. The number of ether oxygens (including phenoxy) is 1. The summed E-state index contributed by atoms with van der Waals surface area (Å²) in [6.45, 7) is 3.56. The highest BCUT2D eigenvalue weighted by atomic mass is 32.2. The summed E-state index contributed by atoms with van der Waals surface area (Å²) in [6.07, 6.45) is 0.987. The number of nitrogens with zero attached hydrogens (tertiary/aromatic N) is 1. The van der Waals surface area contributed by atoms with E-state index in [4.69, 9.17) is 10.5 Å². The number of hydrogen-bond acceptors (Lipinski definition) is 4. The fourth-order valence-electron chi connectivity index (χ4n) is 1.25. The Kier molecular flexibility index (Phi) is 5.98. The number of carbonyl (C=O) groups is 1. The van der Waals surface area contributed by atoms with E-state index < -0.39 is 0 Å². The molecule has 4 nitrogen and oxygen atoms in total. The number of morpholine rings is 1. The van der Waals surface area contributed by atoms with E-state index in [0.717, 1.165) is 25.3 Å². The fourth-order valence-corrected chi connectivity index (χ4v) is 2.12. The second-order valence-electron chi connectivity index (χ2n) is 3.19. The maximum atomic E-state index is 11.6. The van der Waals surface area contributed by atoms with Gasteiger partial charge in [-0.15, -0.1) is 0 Å². The second kappa shape index (κ2) is 7.09. The molecular weight excluding hydrogens is 200 g/mol. The topological polar surface area (TPSA) is 55.6 Å². The molecule has 1 saturated heterocycles. The highest BCUT2D eigenvalue weighted by Gasteiger charge is 2.15. The normalized spacial score (nSPS) is 17.1. The van der Waals surface area contributed by atoms with Crippen LogP contribution in [0.1, 0.15) is 6.42 Å². The van der Waals surface area contributed by atoms with Crippen molar-refractivity contribution in [2.24, 2.45) is 5.73 Å². The van der Waals surface area contributed by atoms with Gasteiger partial charge in [-0.1, -0.05) is 0 Å². The van der Waals surface area contributed by atoms with Crippen molar-refractivity contribution in [1.29, 1.82) is 0 Å². The monoisotopic (exact) mass is 218 g/mol. The van der Waals surface area contributed by atoms with Crippen LogP contribution in [0.4, 0.5) is 0 Å². The van der Waals surface area contributed by atoms with Crippen molar-refractivity contribution in [3.63, 3.8) is 0 Å². The lowest BCUT2D eigenvalue weighted by Crippen LogP contribution is -2.41. The summed E-state index contributed by atoms with van der Waals surface area (Å²) in [5.74, 6) is 1.79. The first-order valence-corrected chi connectivity index (χ1v) is 6.13. The Bertz CT molecular complexity index is 172. The molecule has 0 bridgehead atoms. The standard InChI is InChI=1S/C9H18N2O2S/c10-2-1-7-14-8-9(12)11-3-5-13-6-4-11/h1-8,10H2. The van der Waals surface area contributed by atoms with Crippen molar-refractivity contribution >= 4 is 17.7 Å². The summed E-state index contributed by atoms with van der Waals surface area (Å²) in [4.78, 5) is 13.5. The van der Waals surface area contributed by atoms with E-state index in [1.54, 1.807) is 11.8 Å². The van der Waals surface area contributed by atoms with E-state index in [1.807, 2.05) is 4.90 Å². The van der Waals surface area contributed by atoms with E-state index >= 15 is 0 Å². The molecule has 1 fully saturated rings. The lowest BCUT2D eigenvalue weighted by Gasteiger charge is -2.26. The van der Waals surface area contributed by atoms with Crippen molar-refractivity contribution in [3.8, 4) is 0 Å². The average molecular weight is 218 g/mol. The first-order chi connectivity index (χ1) is 6.84. The third kappa shape index (κ3) is 4.30. The van der Waals surface area contributed by atoms with Crippen LogP contribution in [0, 0.1) is 0 Å². The zero-order valence-electron chi connectivity index (χ0n) is 8.41. The zero-order chi connectivity index (χ0) is 10.2. The molecule has 1 aliphatic rings. The highest BCUT2D eigenvalue weighted by molar-refractivity contribution is 7.99. The summed E-state index contributed by atoms with van der Waals surface area (Å²) in [5, 5.41) is 0. The Morgan fingerprint density at radius 1 is 1.43 bits per heavy atom. The zero-order valence-corrected chi connectivity index (χ0v) is 9.22. The molecule has 0 unspecified atom stereocenters. The number of hydrogen-bond donors (Lipinski definition) is 1. The lowest BCUT2D eigenvalue weighted by atomic mass is 10.4. The number of nitrogens with two attached hydrogens (primary N) is 1. The van der Waals surface area contributed by atoms with E-state index in [2.05, 4.69) is 0 Å². The largest absolute Gasteiger partial charge is 0.378 e. The van der Waals surface area contributed by atoms with Crippen molar-refractivity contribution in [2.45, 2.75) is 6.42 Å². The number of thioether (sulfide) groups is 1. The van der Waals surface area contributed by atoms with Crippen LogP contribution in [0.5, 0.6) is 0 Å². The molecule has 0 saturated carbocycles. The van der Waals surface area contributed by atoms with Crippen LogP contribution in [0.3, 0.4) is 0 Å². The molecule has 1 amide bonds. The minimum atomic E-state index is 0.232. The van der Waals surface area contributed by atoms with Gasteiger partial charge >= 0.3 is 0 Å². The van der Waals surface area contributed by atoms with Crippen molar-refractivity contribution < 1.29 is 9.53 Å². The van der Waals surface area contributed by atoms with Gasteiger partial charge in [0.2, 0.25) is 5.91 Å². The van der Waals surface area contributed by atoms with Crippen LogP contribution in [0.15, 0.2) is 0 Å². The molecule has 14 heavy (non-hydrogen) atoms. The van der Waals surface area contributed by atoms with Gasteiger partial charge in [0.1, 0.15) is 0 Å². The Morgan fingerprint density at radius 3 is 2.79 bits per heavy atom. The molecule has 0 atom stereocenters. The lowest BCUT2D eigenvalue weighted by molar-refractivity contribution is -0.132. The summed E-state index contributed by atoms with van der Waals surface area (Å²) in [6, 6.07) is 0. The smallest absolute Gasteiger partial charge is 0.232 e. The minimum Gasteiger partial charge on any atom is -0.378 e. The molecule has 0 aliphatic carbocycles. The molecule has 1 heterocycles. The summed E-state index contributed by atoms with van der Waals surface area (Å²) < 4.78 is 5.18. The van der Waals surface area contributed by atoms with E-state index in [9.17, 15) is 4.79 Å². The molecule has 1 aliphatic heterocycles. The second-order valence-corrected chi connectivity index (χ2v) is 4.29. The van der Waals surface area contributed by atoms with Gasteiger partial charge in [-0.25, -0.2) is 0 Å². The summed E-state index contributed by atoms with van der Waals surface area (Å²) >= 11 is 1.67. The first kappa shape index (κ1) is 11.8. The molecule has 0 aromatic rings. The van der Waals surface area contributed by atoms with Gasteiger partial charge in [0.15, 0.2) is 0 Å². The number of carbonyl (C=O) groups excluding carboxylic acids is 1. The van der Waals surface area contributed by atoms with Gasteiger partial charge < -0.3 is 15.4 Å². The molecule has 0 spiro atoms. The van der Waals surface area contributed by atoms with Crippen molar-refractivity contribution in [1.82, 2.24) is 4.90 Å². The average Bonchev–Trinajstić information content (AvgIpc) is 2.25. The predicted molar refractivity (Wildman–Crippen MR) is 58.4 cm³/mol. The van der Waals surface area contributed by atoms with Crippen LogP contribution >= 0.6 is 11.8 Å². The summed E-state index contributed by atoms with van der Waals surface area (Å²) in [5.41, 5.74) is 5.36. The van der Waals surface area contributed by atoms with Gasteiger partial charge in [-0.05, 0) is 18.7 Å². The molecular formula is C9H18N2O2S. The summed E-state index contributed by atoms with van der Waals surface area (Å²) in [7, 11) is 0. The Hall–Kier alpha value is -0.260. The van der Waals surface area contributed by atoms with Crippen LogP contribution in [-0.2, 0) is 9.53 Å². The van der Waals surface area contributed by atoms with Crippen LogP contribution in [-0.4, -0.2) is 55.2 Å². The van der Waals surface area contributed by atoms with E-state index in [0.29, 0.717) is 25.5 Å². The SMILES string of the molecule is NCCCSCC(=O)N1CCOCC1. The molecule has 1 rings (SSSR count). The van der Waals surface area contributed by atoms with Crippen LogP contribution < -0.4 is 5.73 Å². The maximum Gasteiger partial charge on any atom is 0.232 e. The van der Waals surface area contributed by atoms with E-state index in [1.165, 1.54) is 0 Å². The Labute approximate surface area is 89.2 Å². The van der Waals surface area contributed by atoms with Gasteiger partial charge in [0.25, 0.3) is 0 Å². The molecule has 2 N–H and O–H groups in total. The quantitative estimate of drug-likeness (QED) is 0.656. The van der Waals surface area contributed by atoms with Crippen LogP contribution in [0.2, 0.25) is 0 Å². The number of rotatable bonds is 5. The predicted octanol–water partition coefficient (Wildman–Crippen LogP) is -0.0728. The highest BCUT2D eigenvalue weighted by Crippen LogP contribution is 2.05. The fraction of sp³-hybridized carbons (Fsp3) is 0.889. The van der Waals surface area contributed by atoms with Gasteiger partial charge in [-0.3, -0.25) is 4.79 Å². The molecule has 5 heteroatoms. The molecule has 0 radical (unpaired) electrons. The van der Waals surface area contributed by atoms with Crippen molar-refractivity contribution in [3.05, 3.63) is 0 Å². The molecule has 0 aromatic carbocycles. The Balaban J connectivity index is 2.07. The minimum absolute atomic E-state index is 0.232. The number of amides is 1.